The van der Waals surface area contributed by atoms with Gasteiger partial charge in [0.1, 0.15) is 5.52 Å². The van der Waals surface area contributed by atoms with Crippen molar-refractivity contribution in [3.8, 4) is 11.5 Å². The number of methoxy groups -OCH3 is 1. The third-order valence-electron chi connectivity index (χ3n) is 3.43. The van der Waals surface area contributed by atoms with Gasteiger partial charge in [-0.05, 0) is 58.3 Å². The maximum atomic E-state index is 5.74. The van der Waals surface area contributed by atoms with E-state index in [2.05, 4.69) is 27.8 Å². The minimum absolute atomic E-state index is 0.567. The van der Waals surface area contributed by atoms with Crippen molar-refractivity contribution in [2.24, 2.45) is 0 Å². The Morgan fingerprint density at radius 1 is 1.21 bits per heavy atom. The lowest BCUT2D eigenvalue weighted by Gasteiger charge is -2.12. The number of benzene rings is 2. The average Bonchev–Trinajstić information content (AvgIpc) is 3.01. The van der Waals surface area contributed by atoms with Crippen molar-refractivity contribution in [3.05, 3.63) is 52.3 Å². The van der Waals surface area contributed by atoms with Gasteiger partial charge < -0.3 is 13.9 Å². The van der Waals surface area contributed by atoms with Crippen molar-refractivity contribution in [1.29, 1.82) is 0 Å². The Morgan fingerprint density at radius 2 is 2.04 bits per heavy atom. The summed E-state index contributed by atoms with van der Waals surface area (Å²) in [4.78, 5) is 4.43. The van der Waals surface area contributed by atoms with E-state index in [0.717, 1.165) is 33.3 Å². The molecule has 3 rings (SSSR count). The largest absolute Gasteiger partial charge is 0.493 e. The second kappa shape index (κ2) is 7.53. The maximum Gasteiger partial charge on any atom is 0.220 e. The number of halogens is 1. The van der Waals surface area contributed by atoms with Crippen molar-refractivity contribution in [2.45, 2.75) is 13.3 Å². The summed E-state index contributed by atoms with van der Waals surface area (Å²) in [6.07, 6.45) is 4.71. The van der Waals surface area contributed by atoms with Crippen LogP contribution in [0.3, 0.4) is 0 Å². The molecule has 0 spiro atoms. The first-order valence-corrected chi connectivity index (χ1v) is 8.54. The monoisotopic (exact) mass is 387 g/mol. The van der Waals surface area contributed by atoms with Crippen LogP contribution in [0.1, 0.15) is 24.8 Å². The zero-order chi connectivity index (χ0) is 16.9. The van der Waals surface area contributed by atoms with Crippen molar-refractivity contribution < 1.29 is 13.9 Å². The predicted molar refractivity (Wildman–Crippen MR) is 99.4 cm³/mol. The SMILES string of the molecule is CCCOc1c(Br)cc(/C=C/c2nc3ccccc3o2)cc1OC. The van der Waals surface area contributed by atoms with Crippen LogP contribution in [0.5, 0.6) is 11.5 Å². The second-order valence-corrected chi connectivity index (χ2v) is 6.09. The van der Waals surface area contributed by atoms with Crippen molar-refractivity contribution in [2.75, 3.05) is 13.7 Å². The Morgan fingerprint density at radius 3 is 2.79 bits per heavy atom. The van der Waals surface area contributed by atoms with Crippen LogP contribution in [0.2, 0.25) is 0 Å². The molecule has 2 aromatic carbocycles. The normalized spacial score (nSPS) is 11.3. The third-order valence-corrected chi connectivity index (χ3v) is 4.02. The Bertz CT molecular complexity index is 837. The smallest absolute Gasteiger partial charge is 0.220 e. The Kier molecular flexibility index (Phi) is 5.20. The van der Waals surface area contributed by atoms with Gasteiger partial charge in [0.15, 0.2) is 17.1 Å². The summed E-state index contributed by atoms with van der Waals surface area (Å²) in [5.41, 5.74) is 2.59. The molecule has 24 heavy (non-hydrogen) atoms. The fourth-order valence-corrected chi connectivity index (χ4v) is 2.88. The number of rotatable bonds is 6. The van der Waals surface area contributed by atoms with Crippen LogP contribution in [0.15, 0.2) is 45.3 Å². The summed E-state index contributed by atoms with van der Waals surface area (Å²) in [7, 11) is 1.63. The molecule has 124 valence electrons. The lowest BCUT2D eigenvalue weighted by Crippen LogP contribution is -1.99. The van der Waals surface area contributed by atoms with E-state index in [9.17, 15) is 0 Å². The summed E-state index contributed by atoms with van der Waals surface area (Å²) < 4.78 is 17.7. The molecular formula is C19H18BrNO3. The molecule has 5 heteroatoms. The highest BCUT2D eigenvalue weighted by Gasteiger charge is 2.11. The van der Waals surface area contributed by atoms with Gasteiger partial charge in [0.05, 0.1) is 18.2 Å². The third kappa shape index (κ3) is 3.62. The summed E-state index contributed by atoms with van der Waals surface area (Å²) >= 11 is 3.55. The lowest BCUT2D eigenvalue weighted by atomic mass is 10.2. The highest BCUT2D eigenvalue weighted by molar-refractivity contribution is 9.10. The minimum Gasteiger partial charge on any atom is -0.493 e. The molecule has 0 N–H and O–H groups in total. The summed E-state index contributed by atoms with van der Waals surface area (Å²) in [5, 5.41) is 0. The molecule has 1 aromatic heterocycles. The van der Waals surface area contributed by atoms with Gasteiger partial charge in [-0.3, -0.25) is 0 Å². The summed E-state index contributed by atoms with van der Waals surface area (Å²) in [6.45, 7) is 2.71. The molecule has 0 bridgehead atoms. The maximum absolute atomic E-state index is 5.74. The molecule has 4 nitrogen and oxygen atoms in total. The van der Waals surface area contributed by atoms with Gasteiger partial charge in [0, 0.05) is 6.08 Å². The lowest BCUT2D eigenvalue weighted by molar-refractivity contribution is 0.292. The summed E-state index contributed by atoms with van der Waals surface area (Å²) in [5.74, 6) is 1.98. The molecule has 1 heterocycles. The Hall–Kier alpha value is -2.27. The molecule has 0 amide bonds. The van der Waals surface area contributed by atoms with E-state index >= 15 is 0 Å². The molecular weight excluding hydrogens is 370 g/mol. The predicted octanol–water partition coefficient (Wildman–Crippen LogP) is 5.56. The van der Waals surface area contributed by atoms with Crippen LogP contribution in [0.4, 0.5) is 0 Å². The average molecular weight is 388 g/mol. The Balaban J connectivity index is 1.87. The summed E-state index contributed by atoms with van der Waals surface area (Å²) in [6, 6.07) is 11.6. The quantitative estimate of drug-likeness (QED) is 0.555. The van der Waals surface area contributed by atoms with Crippen molar-refractivity contribution in [1.82, 2.24) is 4.98 Å². The van der Waals surface area contributed by atoms with Gasteiger partial charge >= 0.3 is 0 Å². The van der Waals surface area contributed by atoms with Gasteiger partial charge in [0.25, 0.3) is 0 Å². The molecule has 0 aliphatic carbocycles. The highest BCUT2D eigenvalue weighted by atomic mass is 79.9. The fraction of sp³-hybridized carbons (Fsp3) is 0.211. The van der Waals surface area contributed by atoms with Gasteiger partial charge in [0.2, 0.25) is 5.89 Å². The van der Waals surface area contributed by atoms with Crippen LogP contribution in [-0.4, -0.2) is 18.7 Å². The Labute approximate surface area is 149 Å². The van der Waals surface area contributed by atoms with Crippen LogP contribution in [0.25, 0.3) is 23.3 Å². The topological polar surface area (TPSA) is 44.5 Å². The van der Waals surface area contributed by atoms with Gasteiger partial charge in [-0.2, -0.15) is 0 Å². The van der Waals surface area contributed by atoms with E-state index in [1.807, 2.05) is 48.6 Å². The highest BCUT2D eigenvalue weighted by Crippen LogP contribution is 2.37. The molecule has 3 aromatic rings. The zero-order valence-corrected chi connectivity index (χ0v) is 15.2. The van der Waals surface area contributed by atoms with Gasteiger partial charge in [-0.15, -0.1) is 0 Å². The van der Waals surface area contributed by atoms with E-state index in [1.165, 1.54) is 0 Å². The van der Waals surface area contributed by atoms with E-state index < -0.39 is 0 Å². The van der Waals surface area contributed by atoms with Crippen molar-refractivity contribution in [3.63, 3.8) is 0 Å². The number of oxazole rings is 1. The van der Waals surface area contributed by atoms with Crippen LogP contribution in [0, 0.1) is 0 Å². The first kappa shape index (κ1) is 16.6. The molecule has 0 unspecified atom stereocenters. The zero-order valence-electron chi connectivity index (χ0n) is 13.6. The minimum atomic E-state index is 0.567. The van der Waals surface area contributed by atoms with E-state index in [0.29, 0.717) is 18.2 Å². The second-order valence-electron chi connectivity index (χ2n) is 5.24. The van der Waals surface area contributed by atoms with Crippen molar-refractivity contribution >= 4 is 39.2 Å². The molecule has 0 radical (unpaired) electrons. The molecule has 0 aliphatic heterocycles. The molecule has 0 aliphatic rings. The van der Waals surface area contributed by atoms with E-state index in [-0.39, 0.29) is 0 Å². The number of aromatic nitrogens is 1. The molecule has 0 saturated heterocycles. The molecule has 0 saturated carbocycles. The number of hydrogen-bond donors (Lipinski definition) is 0. The van der Waals surface area contributed by atoms with Gasteiger partial charge in [-0.1, -0.05) is 19.1 Å². The number of nitrogens with zero attached hydrogens (tertiary/aromatic N) is 1. The molecule has 0 fully saturated rings. The fourth-order valence-electron chi connectivity index (χ4n) is 2.31. The van der Waals surface area contributed by atoms with Crippen LogP contribution >= 0.6 is 15.9 Å². The standard InChI is InChI=1S/C19H18BrNO3/c1-3-10-23-19-14(20)11-13(12-17(19)22-2)8-9-18-21-15-6-4-5-7-16(15)24-18/h4-9,11-12H,3,10H2,1-2H3/b9-8+. The van der Waals surface area contributed by atoms with E-state index in [1.54, 1.807) is 7.11 Å². The first-order valence-electron chi connectivity index (χ1n) is 7.75. The molecule has 0 atom stereocenters. The number of ether oxygens (including phenoxy) is 2. The van der Waals surface area contributed by atoms with Crippen LogP contribution < -0.4 is 9.47 Å². The number of para-hydroxylation sites is 2. The first-order chi connectivity index (χ1) is 11.7. The van der Waals surface area contributed by atoms with Crippen LogP contribution in [-0.2, 0) is 0 Å². The number of hydrogen-bond acceptors (Lipinski definition) is 4. The van der Waals surface area contributed by atoms with Gasteiger partial charge in [-0.25, -0.2) is 4.98 Å². The number of fused-ring (bicyclic) bond motifs is 1. The van der Waals surface area contributed by atoms with E-state index in [4.69, 9.17) is 13.9 Å².